The van der Waals surface area contributed by atoms with Gasteiger partial charge in [-0.25, -0.2) is 4.99 Å². The minimum atomic E-state index is -0.0669. The van der Waals surface area contributed by atoms with Crippen molar-refractivity contribution < 1.29 is 9.53 Å². The molecule has 0 bridgehead atoms. The van der Waals surface area contributed by atoms with Gasteiger partial charge >= 0.3 is 0 Å². The van der Waals surface area contributed by atoms with E-state index in [9.17, 15) is 4.79 Å². The van der Waals surface area contributed by atoms with Gasteiger partial charge in [-0.2, -0.15) is 0 Å². The zero-order valence-corrected chi connectivity index (χ0v) is 17.0. The van der Waals surface area contributed by atoms with Crippen LogP contribution in [0, 0.1) is 0 Å². The van der Waals surface area contributed by atoms with Crippen LogP contribution in [-0.2, 0) is 17.8 Å². The van der Waals surface area contributed by atoms with E-state index in [1.807, 2.05) is 31.2 Å². The van der Waals surface area contributed by atoms with Crippen LogP contribution in [0.2, 0.25) is 0 Å². The first-order chi connectivity index (χ1) is 13.1. The molecule has 0 spiro atoms. The average Bonchev–Trinajstić information content (AvgIpc) is 3.18. The topological polar surface area (TPSA) is 66.0 Å². The highest BCUT2D eigenvalue weighted by Gasteiger charge is 2.05. The van der Waals surface area contributed by atoms with Crippen molar-refractivity contribution in [1.82, 2.24) is 15.5 Å². The second-order valence-electron chi connectivity index (χ2n) is 6.18. The first kappa shape index (κ1) is 20.8. The molecule has 1 aromatic carbocycles. The molecule has 0 aliphatic heterocycles. The molecule has 0 fully saturated rings. The highest BCUT2D eigenvalue weighted by molar-refractivity contribution is 7.09. The molecule has 1 amide bonds. The van der Waals surface area contributed by atoms with Crippen LogP contribution in [0.25, 0.3) is 0 Å². The molecule has 2 aromatic rings. The number of benzene rings is 1. The molecule has 2 rings (SSSR count). The van der Waals surface area contributed by atoms with Gasteiger partial charge in [0.15, 0.2) is 12.6 Å². The van der Waals surface area contributed by atoms with Gasteiger partial charge in [0.25, 0.3) is 5.91 Å². The maximum Gasteiger partial charge on any atom is 0.259 e. The van der Waals surface area contributed by atoms with Gasteiger partial charge in [0.1, 0.15) is 5.75 Å². The summed E-state index contributed by atoms with van der Waals surface area (Å²) in [6, 6.07) is 11.9. The van der Waals surface area contributed by atoms with Crippen molar-refractivity contribution in [2.45, 2.75) is 19.9 Å². The van der Waals surface area contributed by atoms with Crippen molar-refractivity contribution in [2.24, 2.45) is 4.99 Å². The molecular weight excluding hydrogens is 360 g/mol. The van der Waals surface area contributed by atoms with Crippen molar-refractivity contribution in [1.29, 1.82) is 0 Å². The van der Waals surface area contributed by atoms with Crippen molar-refractivity contribution in [3.8, 4) is 5.75 Å². The highest BCUT2D eigenvalue weighted by atomic mass is 32.1. The van der Waals surface area contributed by atoms with Gasteiger partial charge in [-0.15, -0.1) is 11.3 Å². The Morgan fingerprint density at radius 3 is 2.78 bits per heavy atom. The van der Waals surface area contributed by atoms with Crippen LogP contribution in [0.3, 0.4) is 0 Å². The fraction of sp³-hybridized carbons (Fsp3) is 0.400. The molecule has 0 aliphatic rings. The second-order valence-corrected chi connectivity index (χ2v) is 7.21. The number of nitrogens with one attached hydrogen (secondary N) is 2. The third-order valence-corrected chi connectivity index (χ3v) is 4.70. The summed E-state index contributed by atoms with van der Waals surface area (Å²) in [5.41, 5.74) is 1.03. The Hall–Kier alpha value is -2.54. The molecular formula is C20H28N4O2S. The zero-order valence-electron chi connectivity index (χ0n) is 16.2. The quantitative estimate of drug-likeness (QED) is 0.512. The van der Waals surface area contributed by atoms with Gasteiger partial charge in [0.05, 0.1) is 6.54 Å². The largest absolute Gasteiger partial charge is 0.484 e. The fourth-order valence-corrected chi connectivity index (χ4v) is 2.99. The summed E-state index contributed by atoms with van der Waals surface area (Å²) in [5, 5.41) is 8.71. The summed E-state index contributed by atoms with van der Waals surface area (Å²) in [7, 11) is 3.43. The predicted octanol–water partition coefficient (Wildman–Crippen LogP) is 2.51. The number of ether oxygens (including phenoxy) is 1. The smallest absolute Gasteiger partial charge is 0.259 e. The Labute approximate surface area is 165 Å². The molecule has 146 valence electrons. The first-order valence-electron chi connectivity index (χ1n) is 9.05. The summed E-state index contributed by atoms with van der Waals surface area (Å²) in [6.45, 7) is 4.26. The van der Waals surface area contributed by atoms with Crippen LogP contribution >= 0.6 is 11.3 Å². The Balaban J connectivity index is 1.88. The molecule has 1 heterocycles. The van der Waals surface area contributed by atoms with Crippen molar-refractivity contribution in [3.63, 3.8) is 0 Å². The molecule has 27 heavy (non-hydrogen) atoms. The number of rotatable bonds is 9. The minimum absolute atomic E-state index is 0.0344. The molecule has 2 N–H and O–H groups in total. The highest BCUT2D eigenvalue weighted by Crippen LogP contribution is 2.14. The van der Waals surface area contributed by atoms with Gasteiger partial charge in [0.2, 0.25) is 0 Å². The van der Waals surface area contributed by atoms with Gasteiger partial charge in [-0.1, -0.05) is 18.2 Å². The molecule has 0 atom stereocenters. The summed E-state index contributed by atoms with van der Waals surface area (Å²) in [4.78, 5) is 19.1. The normalized spacial score (nSPS) is 11.1. The number of hydrogen-bond acceptors (Lipinski definition) is 4. The molecule has 0 saturated heterocycles. The molecule has 0 unspecified atom stereocenters. The fourth-order valence-electron chi connectivity index (χ4n) is 2.28. The van der Waals surface area contributed by atoms with Crippen LogP contribution < -0.4 is 15.4 Å². The third-order valence-electron chi connectivity index (χ3n) is 3.77. The Morgan fingerprint density at radius 1 is 1.22 bits per heavy atom. The van der Waals surface area contributed by atoms with E-state index in [0.29, 0.717) is 12.3 Å². The van der Waals surface area contributed by atoms with Crippen LogP contribution in [0.5, 0.6) is 5.75 Å². The number of thiophene rings is 1. The SMILES string of the molecule is CCNC(=NCc1cccc(OCC(=O)N(C)C)c1)NCCc1cccs1. The van der Waals surface area contributed by atoms with Crippen LogP contribution in [0.15, 0.2) is 46.8 Å². The molecule has 7 heteroatoms. The predicted molar refractivity (Wildman–Crippen MR) is 111 cm³/mol. The van der Waals surface area contributed by atoms with Gasteiger partial charge < -0.3 is 20.3 Å². The zero-order chi connectivity index (χ0) is 19.5. The molecule has 0 aliphatic carbocycles. The second kappa shape index (κ2) is 11.2. The monoisotopic (exact) mass is 388 g/mol. The van der Waals surface area contributed by atoms with E-state index in [1.54, 1.807) is 25.4 Å². The van der Waals surface area contributed by atoms with E-state index in [0.717, 1.165) is 31.0 Å². The number of carbonyl (C=O) groups excluding carboxylic acids is 1. The van der Waals surface area contributed by atoms with Crippen LogP contribution in [0.4, 0.5) is 0 Å². The summed E-state index contributed by atoms with van der Waals surface area (Å²) in [6.07, 6.45) is 0.977. The lowest BCUT2D eigenvalue weighted by Crippen LogP contribution is -2.38. The summed E-state index contributed by atoms with van der Waals surface area (Å²) >= 11 is 1.77. The molecule has 0 radical (unpaired) electrons. The standard InChI is InChI=1S/C20H28N4O2S/c1-4-21-20(22-11-10-18-9-6-12-27-18)23-14-16-7-5-8-17(13-16)26-15-19(25)24(2)3/h5-9,12-13H,4,10-11,14-15H2,1-3H3,(H2,21,22,23). The van der Waals surface area contributed by atoms with Crippen molar-refractivity contribution >= 4 is 23.2 Å². The number of hydrogen-bond donors (Lipinski definition) is 2. The van der Waals surface area contributed by atoms with E-state index in [1.165, 1.54) is 9.78 Å². The lowest BCUT2D eigenvalue weighted by molar-refractivity contribution is -0.130. The third kappa shape index (κ3) is 7.70. The Bertz CT molecular complexity index is 729. The van der Waals surface area contributed by atoms with Gasteiger partial charge in [0, 0.05) is 32.1 Å². The Morgan fingerprint density at radius 2 is 2.07 bits per heavy atom. The van der Waals surface area contributed by atoms with E-state index in [2.05, 4.69) is 33.1 Å². The van der Waals surface area contributed by atoms with E-state index >= 15 is 0 Å². The molecule has 0 saturated carbocycles. The number of amides is 1. The maximum absolute atomic E-state index is 11.6. The van der Waals surface area contributed by atoms with E-state index in [-0.39, 0.29) is 12.5 Å². The van der Waals surface area contributed by atoms with Crippen molar-refractivity contribution in [2.75, 3.05) is 33.8 Å². The minimum Gasteiger partial charge on any atom is -0.484 e. The molecule has 1 aromatic heterocycles. The Kier molecular flexibility index (Phi) is 8.64. The first-order valence-corrected chi connectivity index (χ1v) is 9.93. The van der Waals surface area contributed by atoms with Crippen LogP contribution in [-0.4, -0.2) is 50.6 Å². The lowest BCUT2D eigenvalue weighted by atomic mass is 10.2. The van der Waals surface area contributed by atoms with E-state index in [4.69, 9.17) is 4.74 Å². The average molecular weight is 389 g/mol. The number of likely N-dealkylation sites (N-methyl/N-ethyl adjacent to an activating group) is 1. The van der Waals surface area contributed by atoms with E-state index < -0.39 is 0 Å². The number of aliphatic imine (C=N–C) groups is 1. The lowest BCUT2D eigenvalue weighted by Gasteiger charge is -2.12. The van der Waals surface area contributed by atoms with Crippen LogP contribution in [0.1, 0.15) is 17.4 Å². The molecule has 6 nitrogen and oxygen atoms in total. The van der Waals surface area contributed by atoms with Gasteiger partial charge in [-0.05, 0) is 42.5 Å². The summed E-state index contributed by atoms with van der Waals surface area (Å²) in [5.74, 6) is 1.40. The van der Waals surface area contributed by atoms with Crippen molar-refractivity contribution in [3.05, 3.63) is 52.2 Å². The number of carbonyl (C=O) groups is 1. The van der Waals surface area contributed by atoms with Gasteiger partial charge in [-0.3, -0.25) is 4.79 Å². The number of nitrogens with zero attached hydrogens (tertiary/aromatic N) is 2. The maximum atomic E-state index is 11.6. The number of guanidine groups is 1. The summed E-state index contributed by atoms with van der Waals surface area (Å²) < 4.78 is 5.56.